The highest BCUT2D eigenvalue weighted by molar-refractivity contribution is 7.00. The Morgan fingerprint density at radius 3 is 1.16 bits per heavy atom. The molecule has 0 spiro atoms. The van der Waals surface area contributed by atoms with E-state index in [1.807, 2.05) is 0 Å². The lowest BCUT2D eigenvalue weighted by Gasteiger charge is -2.44. The first-order chi connectivity index (χ1) is 32.5. The lowest BCUT2D eigenvalue weighted by Crippen LogP contribution is -2.61. The predicted molar refractivity (Wildman–Crippen MR) is 283 cm³/mol. The van der Waals surface area contributed by atoms with Crippen molar-refractivity contribution in [3.05, 3.63) is 199 Å². The Bertz CT molecular complexity index is 3550. The van der Waals surface area contributed by atoms with Crippen molar-refractivity contribution in [1.82, 2.24) is 0 Å². The summed E-state index contributed by atoms with van der Waals surface area (Å²) in [5.41, 5.74) is 21.2. The number of fused-ring (bicyclic) bond motifs is 10. The van der Waals surface area contributed by atoms with E-state index < -0.39 is 0 Å². The smallest absolute Gasteiger partial charge is 0.252 e. The Kier molecular flexibility index (Phi) is 8.49. The molecule has 5 heteroatoms. The summed E-state index contributed by atoms with van der Waals surface area (Å²) in [7, 11) is 0. The summed E-state index contributed by atoms with van der Waals surface area (Å²) in [6, 6.07) is 69.0. The molecule has 0 saturated heterocycles. The molecule has 0 bridgehead atoms. The van der Waals surface area contributed by atoms with Crippen molar-refractivity contribution in [2.45, 2.75) is 52.4 Å². The quantitative estimate of drug-likeness (QED) is 0.165. The van der Waals surface area contributed by atoms with Crippen LogP contribution in [0.15, 0.2) is 197 Å². The summed E-state index contributed by atoms with van der Waals surface area (Å²) in [4.78, 5) is 4.95. The third-order valence-electron chi connectivity index (χ3n) is 14.3. The maximum absolute atomic E-state index is 6.96. The minimum absolute atomic E-state index is 0.0353. The second-order valence-electron chi connectivity index (χ2n) is 20.5. The molecule has 0 atom stereocenters. The van der Waals surface area contributed by atoms with Crippen molar-refractivity contribution >= 4 is 101 Å². The van der Waals surface area contributed by atoms with Gasteiger partial charge in [0.2, 0.25) is 0 Å². The molecule has 13 rings (SSSR count). The van der Waals surface area contributed by atoms with Crippen LogP contribution < -0.4 is 26.2 Å². The second-order valence-corrected chi connectivity index (χ2v) is 20.5. The van der Waals surface area contributed by atoms with E-state index in [2.05, 4.69) is 239 Å². The zero-order chi connectivity index (χ0) is 45.3. The summed E-state index contributed by atoms with van der Waals surface area (Å²) < 4.78 is 13.9. The van der Waals surface area contributed by atoms with Gasteiger partial charge in [0.05, 0.1) is 0 Å². The molecule has 0 unspecified atom stereocenters. The van der Waals surface area contributed by atoms with E-state index in [0.29, 0.717) is 0 Å². The molecular weight excluding hydrogens is 816 g/mol. The standard InChI is InChI=1S/C62H49BN2O2/c1-61(2,3)48-28-15-26-46-44-24-13-22-42(57(44)66-59(46)48)38-32-34-50-54(36-38)64(40-18-9-7-10-19-40)52-30-17-31-53-56(52)63(50)51-35-33-39(37-55(51)65(53)41-20-11-8-12-21-41)43-23-14-25-45-47-27-16-29-49(62(4,5)6)60(47)67-58(43)45/h7-37H,1-6H3. The minimum Gasteiger partial charge on any atom is -0.455 e. The third kappa shape index (κ3) is 5.93. The highest BCUT2D eigenvalue weighted by Gasteiger charge is 2.43. The van der Waals surface area contributed by atoms with Gasteiger partial charge in [-0.2, -0.15) is 0 Å². The number of para-hydroxylation sites is 6. The van der Waals surface area contributed by atoms with Crippen LogP contribution in [0.5, 0.6) is 0 Å². The van der Waals surface area contributed by atoms with Gasteiger partial charge in [0.1, 0.15) is 22.3 Å². The first-order valence-corrected chi connectivity index (χ1v) is 23.5. The summed E-state index contributed by atoms with van der Waals surface area (Å²) in [6.45, 7) is 13.5. The molecule has 2 aromatic heterocycles. The average Bonchev–Trinajstić information content (AvgIpc) is 3.92. The van der Waals surface area contributed by atoms with Gasteiger partial charge in [-0.15, -0.1) is 0 Å². The minimum atomic E-state index is -0.0636. The Hall–Kier alpha value is -7.76. The van der Waals surface area contributed by atoms with Crippen LogP contribution in [0, 0.1) is 0 Å². The van der Waals surface area contributed by atoms with Gasteiger partial charge < -0.3 is 18.6 Å². The van der Waals surface area contributed by atoms with Crippen molar-refractivity contribution < 1.29 is 8.83 Å². The molecule has 0 N–H and O–H groups in total. The van der Waals surface area contributed by atoms with Gasteiger partial charge in [0, 0.05) is 77.9 Å². The molecule has 0 radical (unpaired) electrons. The van der Waals surface area contributed by atoms with Crippen molar-refractivity contribution in [2.75, 3.05) is 9.80 Å². The van der Waals surface area contributed by atoms with E-state index in [4.69, 9.17) is 8.83 Å². The maximum atomic E-state index is 6.96. The molecule has 4 heterocycles. The van der Waals surface area contributed by atoms with Crippen molar-refractivity contribution in [1.29, 1.82) is 0 Å². The first kappa shape index (κ1) is 39.6. The van der Waals surface area contributed by atoms with Gasteiger partial charge >= 0.3 is 0 Å². The Labute approximate surface area is 391 Å². The van der Waals surface area contributed by atoms with Gasteiger partial charge in [-0.1, -0.05) is 181 Å². The van der Waals surface area contributed by atoms with Crippen LogP contribution in [0.2, 0.25) is 0 Å². The average molecular weight is 865 g/mol. The third-order valence-corrected chi connectivity index (χ3v) is 14.3. The number of furan rings is 2. The van der Waals surface area contributed by atoms with Gasteiger partial charge in [0.25, 0.3) is 6.71 Å². The van der Waals surface area contributed by atoms with Gasteiger partial charge in [-0.3, -0.25) is 0 Å². The Morgan fingerprint density at radius 2 is 0.746 bits per heavy atom. The fourth-order valence-electron chi connectivity index (χ4n) is 11.2. The molecule has 2 aliphatic rings. The molecular formula is C62H49BN2O2. The lowest BCUT2D eigenvalue weighted by molar-refractivity contribution is 0.572. The zero-order valence-electron chi connectivity index (χ0n) is 38.7. The Morgan fingerprint density at radius 1 is 0.358 bits per heavy atom. The largest absolute Gasteiger partial charge is 0.455 e. The maximum Gasteiger partial charge on any atom is 0.252 e. The van der Waals surface area contributed by atoms with Crippen molar-refractivity contribution in [3.63, 3.8) is 0 Å². The number of benzene rings is 9. The van der Waals surface area contributed by atoms with Gasteiger partial charge in [-0.05, 0) is 86.9 Å². The second kappa shape index (κ2) is 14.4. The van der Waals surface area contributed by atoms with Crippen LogP contribution in [0.1, 0.15) is 52.7 Å². The topological polar surface area (TPSA) is 32.8 Å². The number of hydrogen-bond donors (Lipinski definition) is 0. The summed E-state index contributed by atoms with van der Waals surface area (Å²) in [6.07, 6.45) is 0. The SMILES string of the molecule is CC(C)(C)c1cccc2c1oc1c(-c3ccc4c(c3)N(c3ccccc3)c3cccc5c3B4c3ccc(-c4cccc6c4oc4c(C(C)(C)C)cccc46)cc3N5c3ccccc3)cccc12. The molecule has 2 aliphatic heterocycles. The van der Waals surface area contributed by atoms with E-state index >= 15 is 0 Å². The molecule has 0 saturated carbocycles. The summed E-state index contributed by atoms with van der Waals surface area (Å²) in [5.74, 6) is 0. The fourth-order valence-corrected chi connectivity index (χ4v) is 11.2. The fraction of sp³-hybridized carbons (Fsp3) is 0.129. The highest BCUT2D eigenvalue weighted by Crippen LogP contribution is 2.48. The van der Waals surface area contributed by atoms with Crippen molar-refractivity contribution in [2.24, 2.45) is 0 Å². The van der Waals surface area contributed by atoms with Gasteiger partial charge in [0.15, 0.2) is 0 Å². The number of rotatable bonds is 4. The molecule has 9 aromatic carbocycles. The van der Waals surface area contributed by atoms with Crippen LogP contribution >= 0.6 is 0 Å². The monoisotopic (exact) mass is 864 g/mol. The number of nitrogens with zero attached hydrogens (tertiary/aromatic N) is 2. The van der Waals surface area contributed by atoms with Crippen LogP contribution in [0.25, 0.3) is 66.1 Å². The normalized spacial score (nSPS) is 13.4. The molecule has 0 amide bonds. The highest BCUT2D eigenvalue weighted by atomic mass is 16.3. The summed E-state index contributed by atoms with van der Waals surface area (Å²) in [5, 5.41) is 4.58. The number of anilines is 6. The van der Waals surface area contributed by atoms with E-state index in [1.165, 1.54) is 38.9 Å². The Balaban J connectivity index is 1.05. The van der Waals surface area contributed by atoms with E-state index in [0.717, 1.165) is 88.9 Å². The molecule has 0 fully saturated rings. The molecule has 0 aliphatic carbocycles. The van der Waals surface area contributed by atoms with Crippen LogP contribution in [-0.2, 0) is 10.8 Å². The van der Waals surface area contributed by atoms with E-state index in [1.54, 1.807) is 0 Å². The van der Waals surface area contributed by atoms with Gasteiger partial charge in [-0.25, -0.2) is 0 Å². The van der Waals surface area contributed by atoms with Crippen LogP contribution in [0.3, 0.4) is 0 Å². The molecule has 322 valence electrons. The summed E-state index contributed by atoms with van der Waals surface area (Å²) >= 11 is 0. The molecule has 4 nitrogen and oxygen atoms in total. The lowest BCUT2D eigenvalue weighted by atomic mass is 9.33. The molecule has 11 aromatic rings. The first-order valence-electron chi connectivity index (χ1n) is 23.5. The molecule has 67 heavy (non-hydrogen) atoms. The van der Waals surface area contributed by atoms with Crippen LogP contribution in [0.4, 0.5) is 34.1 Å². The van der Waals surface area contributed by atoms with Crippen LogP contribution in [-0.4, -0.2) is 6.71 Å². The number of hydrogen-bond acceptors (Lipinski definition) is 4. The van der Waals surface area contributed by atoms with E-state index in [-0.39, 0.29) is 17.5 Å². The zero-order valence-corrected chi connectivity index (χ0v) is 38.7. The van der Waals surface area contributed by atoms with E-state index in [9.17, 15) is 0 Å². The predicted octanol–water partition coefficient (Wildman–Crippen LogP) is 15.5. The van der Waals surface area contributed by atoms with Crippen molar-refractivity contribution in [3.8, 4) is 22.3 Å².